The van der Waals surface area contributed by atoms with E-state index < -0.39 is 5.92 Å². The number of ketones is 1. The minimum atomic E-state index is -0.542. The maximum absolute atomic E-state index is 12.0. The maximum Gasteiger partial charge on any atom is 0.182 e. The number of para-hydroxylation sites is 1. The van der Waals surface area contributed by atoms with Crippen LogP contribution in [0.5, 0.6) is 0 Å². The molecule has 1 aromatic carbocycles. The molecule has 1 aromatic heterocycles. The summed E-state index contributed by atoms with van der Waals surface area (Å²) in [5.74, 6) is -0.637. The molecule has 0 saturated carbocycles. The smallest absolute Gasteiger partial charge is 0.182 e. The number of fused-ring (bicyclic) bond motifs is 1. The Kier molecular flexibility index (Phi) is 2.74. The fourth-order valence-electron chi connectivity index (χ4n) is 1.80. The molecule has 0 saturated heterocycles. The Labute approximate surface area is 93.7 Å². The van der Waals surface area contributed by atoms with Gasteiger partial charge in [-0.05, 0) is 12.5 Å². The Morgan fingerprint density at radius 1 is 1.50 bits per heavy atom. The molecule has 0 spiro atoms. The lowest BCUT2D eigenvalue weighted by atomic mass is 9.96. The summed E-state index contributed by atoms with van der Waals surface area (Å²) in [6.07, 6.45) is 2.24. The van der Waals surface area contributed by atoms with E-state index in [1.807, 2.05) is 37.3 Å². The van der Waals surface area contributed by atoms with Gasteiger partial charge in [-0.15, -0.1) is 0 Å². The first-order chi connectivity index (χ1) is 7.77. The van der Waals surface area contributed by atoms with Gasteiger partial charge in [0.25, 0.3) is 0 Å². The molecule has 3 heteroatoms. The van der Waals surface area contributed by atoms with Crippen LogP contribution >= 0.6 is 0 Å². The van der Waals surface area contributed by atoms with Crippen molar-refractivity contribution in [2.75, 3.05) is 0 Å². The molecule has 0 radical (unpaired) electrons. The van der Waals surface area contributed by atoms with Crippen molar-refractivity contribution in [2.45, 2.75) is 13.3 Å². The van der Waals surface area contributed by atoms with E-state index in [0.717, 1.165) is 10.9 Å². The highest BCUT2D eigenvalue weighted by molar-refractivity contribution is 6.09. The van der Waals surface area contributed by atoms with Crippen LogP contribution in [0.15, 0.2) is 30.5 Å². The summed E-state index contributed by atoms with van der Waals surface area (Å²) in [5, 5.41) is 9.78. The van der Waals surface area contributed by atoms with Crippen molar-refractivity contribution in [3.05, 3.63) is 36.0 Å². The number of benzene rings is 1. The van der Waals surface area contributed by atoms with E-state index in [0.29, 0.717) is 12.0 Å². The number of nitrogens with one attached hydrogen (secondary N) is 1. The summed E-state index contributed by atoms with van der Waals surface area (Å²) in [7, 11) is 0. The van der Waals surface area contributed by atoms with Crippen molar-refractivity contribution in [1.29, 1.82) is 5.26 Å². The quantitative estimate of drug-likeness (QED) is 0.795. The molecule has 1 atom stereocenters. The summed E-state index contributed by atoms with van der Waals surface area (Å²) in [5.41, 5.74) is 1.54. The van der Waals surface area contributed by atoms with Gasteiger partial charge in [-0.25, -0.2) is 0 Å². The van der Waals surface area contributed by atoms with Crippen LogP contribution in [0.2, 0.25) is 0 Å². The minimum absolute atomic E-state index is 0.0950. The molecular formula is C13H12N2O. The number of hydrogen-bond acceptors (Lipinski definition) is 2. The molecule has 0 amide bonds. The average molecular weight is 212 g/mol. The van der Waals surface area contributed by atoms with Crippen LogP contribution in [-0.2, 0) is 0 Å². The molecule has 0 fully saturated rings. The summed E-state index contributed by atoms with van der Waals surface area (Å²) in [4.78, 5) is 15.1. The molecule has 1 unspecified atom stereocenters. The molecule has 1 N–H and O–H groups in total. The average Bonchev–Trinajstić information content (AvgIpc) is 2.74. The van der Waals surface area contributed by atoms with Gasteiger partial charge in [0.1, 0.15) is 5.92 Å². The van der Waals surface area contributed by atoms with Crippen LogP contribution in [0.1, 0.15) is 23.7 Å². The van der Waals surface area contributed by atoms with E-state index in [1.165, 1.54) is 0 Å². The predicted molar refractivity (Wildman–Crippen MR) is 62.0 cm³/mol. The zero-order valence-electron chi connectivity index (χ0n) is 9.03. The predicted octanol–water partition coefficient (Wildman–Crippen LogP) is 2.90. The van der Waals surface area contributed by atoms with E-state index >= 15 is 0 Å². The third-order valence-electron chi connectivity index (χ3n) is 2.74. The molecule has 0 aliphatic carbocycles. The number of nitrogens with zero attached hydrogens (tertiary/aromatic N) is 1. The number of carbonyl (C=O) groups is 1. The van der Waals surface area contributed by atoms with Crippen LogP contribution in [0, 0.1) is 17.2 Å². The number of nitriles is 1. The number of H-pyrrole nitrogens is 1. The van der Waals surface area contributed by atoms with E-state index in [9.17, 15) is 4.79 Å². The highest BCUT2D eigenvalue weighted by Gasteiger charge is 2.20. The van der Waals surface area contributed by atoms with E-state index in [1.54, 1.807) is 6.20 Å². The number of rotatable bonds is 3. The van der Waals surface area contributed by atoms with Gasteiger partial charge < -0.3 is 4.98 Å². The first kappa shape index (κ1) is 10.4. The summed E-state index contributed by atoms with van der Waals surface area (Å²) in [6.45, 7) is 1.85. The van der Waals surface area contributed by atoms with Crippen LogP contribution in [0.3, 0.4) is 0 Å². The Hall–Kier alpha value is -2.08. The molecule has 0 aliphatic heterocycles. The van der Waals surface area contributed by atoms with Gasteiger partial charge in [-0.3, -0.25) is 4.79 Å². The molecule has 1 heterocycles. The summed E-state index contributed by atoms with van der Waals surface area (Å²) < 4.78 is 0. The molecule has 0 aliphatic rings. The Bertz CT molecular complexity index is 563. The van der Waals surface area contributed by atoms with Gasteiger partial charge in [0.2, 0.25) is 0 Å². The second-order valence-electron chi connectivity index (χ2n) is 3.70. The van der Waals surface area contributed by atoms with Crippen molar-refractivity contribution < 1.29 is 4.79 Å². The topological polar surface area (TPSA) is 56.6 Å². The molecular weight excluding hydrogens is 200 g/mol. The van der Waals surface area contributed by atoms with Crippen molar-refractivity contribution in [2.24, 2.45) is 5.92 Å². The second-order valence-corrected chi connectivity index (χ2v) is 3.70. The Morgan fingerprint density at radius 2 is 2.25 bits per heavy atom. The maximum atomic E-state index is 12.0. The highest BCUT2D eigenvalue weighted by Crippen LogP contribution is 2.21. The molecule has 3 nitrogen and oxygen atoms in total. The third-order valence-corrected chi connectivity index (χ3v) is 2.74. The Morgan fingerprint density at radius 3 is 2.94 bits per heavy atom. The SMILES string of the molecule is CCC(C#N)C(=O)c1c[nH]c2ccccc12. The molecule has 16 heavy (non-hydrogen) atoms. The first-order valence-electron chi connectivity index (χ1n) is 5.28. The molecule has 0 bridgehead atoms. The van der Waals surface area contributed by atoms with Crippen LogP contribution in [-0.4, -0.2) is 10.8 Å². The molecule has 80 valence electrons. The first-order valence-corrected chi connectivity index (χ1v) is 5.28. The highest BCUT2D eigenvalue weighted by atomic mass is 16.1. The largest absolute Gasteiger partial charge is 0.360 e. The lowest BCUT2D eigenvalue weighted by Gasteiger charge is -2.03. The molecule has 2 rings (SSSR count). The standard InChI is InChI=1S/C13H12N2O/c1-2-9(7-14)13(16)11-8-15-12-6-4-3-5-10(11)12/h3-6,8-9,15H,2H2,1H3. The van der Waals surface area contributed by atoms with Crippen LogP contribution < -0.4 is 0 Å². The second kappa shape index (κ2) is 4.19. The number of aromatic amines is 1. The Balaban J connectivity index is 2.49. The van der Waals surface area contributed by atoms with Gasteiger partial charge >= 0.3 is 0 Å². The monoisotopic (exact) mass is 212 g/mol. The lowest BCUT2D eigenvalue weighted by molar-refractivity contribution is 0.0948. The van der Waals surface area contributed by atoms with Crippen molar-refractivity contribution in [3.8, 4) is 6.07 Å². The van der Waals surface area contributed by atoms with Crippen LogP contribution in [0.25, 0.3) is 10.9 Å². The van der Waals surface area contributed by atoms with Gasteiger partial charge in [-0.2, -0.15) is 5.26 Å². The number of Topliss-reactive ketones (excluding diaryl/α,β-unsaturated/α-hetero) is 1. The minimum Gasteiger partial charge on any atom is -0.360 e. The number of carbonyl (C=O) groups excluding carboxylic acids is 1. The number of hydrogen-bond donors (Lipinski definition) is 1. The zero-order chi connectivity index (χ0) is 11.5. The van der Waals surface area contributed by atoms with Gasteiger partial charge in [0.05, 0.1) is 6.07 Å². The number of aromatic nitrogens is 1. The van der Waals surface area contributed by atoms with E-state index in [-0.39, 0.29) is 5.78 Å². The fourth-order valence-corrected chi connectivity index (χ4v) is 1.80. The normalized spacial score (nSPS) is 12.2. The van der Waals surface area contributed by atoms with Gasteiger partial charge in [0.15, 0.2) is 5.78 Å². The van der Waals surface area contributed by atoms with Gasteiger partial charge in [0, 0.05) is 22.7 Å². The third kappa shape index (κ3) is 1.59. The van der Waals surface area contributed by atoms with Crippen molar-refractivity contribution in [3.63, 3.8) is 0 Å². The van der Waals surface area contributed by atoms with Gasteiger partial charge in [-0.1, -0.05) is 25.1 Å². The lowest BCUT2D eigenvalue weighted by Crippen LogP contribution is -2.11. The van der Waals surface area contributed by atoms with E-state index in [2.05, 4.69) is 4.98 Å². The van der Waals surface area contributed by atoms with Crippen molar-refractivity contribution >= 4 is 16.7 Å². The molecule has 2 aromatic rings. The zero-order valence-corrected chi connectivity index (χ0v) is 9.03. The fraction of sp³-hybridized carbons (Fsp3) is 0.231. The van der Waals surface area contributed by atoms with Crippen molar-refractivity contribution in [1.82, 2.24) is 4.98 Å². The summed E-state index contributed by atoms with van der Waals surface area (Å²) in [6, 6.07) is 9.65. The summed E-state index contributed by atoms with van der Waals surface area (Å²) >= 11 is 0. The van der Waals surface area contributed by atoms with Crippen LogP contribution in [0.4, 0.5) is 0 Å². The van der Waals surface area contributed by atoms with E-state index in [4.69, 9.17) is 5.26 Å².